The van der Waals surface area contributed by atoms with Crippen molar-refractivity contribution in [2.45, 2.75) is 6.92 Å². The normalized spacial score (nSPS) is 11.6. The lowest BCUT2D eigenvalue weighted by molar-refractivity contribution is 1.07. The topological polar surface area (TPSA) is 61.4 Å². The van der Waals surface area contributed by atoms with Crippen LogP contribution in [0.15, 0.2) is 237 Å². The molecule has 13 rings (SSSR count). The lowest BCUT2D eigenvalue weighted by Crippen LogP contribution is -2.02. The summed E-state index contributed by atoms with van der Waals surface area (Å²) in [5, 5.41) is 4.69. The van der Waals surface area contributed by atoms with Gasteiger partial charge in [0.15, 0.2) is 17.5 Å². The molecule has 4 heterocycles. The summed E-state index contributed by atoms with van der Waals surface area (Å²) in [4.78, 5) is 21.0. The van der Waals surface area contributed by atoms with Crippen molar-refractivity contribution in [1.29, 1.82) is 0 Å². The van der Waals surface area contributed by atoms with Crippen LogP contribution in [0.5, 0.6) is 0 Å². The van der Waals surface area contributed by atoms with E-state index in [9.17, 15) is 0 Å². The minimum Gasteiger partial charge on any atom is -0.309 e. The second-order valence-corrected chi connectivity index (χ2v) is 17.5. The van der Waals surface area contributed by atoms with Gasteiger partial charge in [-0.1, -0.05) is 152 Å². The summed E-state index contributed by atoms with van der Waals surface area (Å²) in [7, 11) is 0. The summed E-state index contributed by atoms with van der Waals surface area (Å²) in [5.41, 5.74) is 16.5. The molecular formula is C63H42N6. The molecule has 0 saturated heterocycles. The number of benzene rings is 9. The van der Waals surface area contributed by atoms with E-state index in [1.165, 1.54) is 10.8 Å². The molecule has 0 N–H and O–H groups in total. The molecule has 0 aliphatic rings. The number of hydrogen-bond donors (Lipinski definition) is 0. The molecule has 0 spiro atoms. The number of aryl methyl sites for hydroxylation is 1. The molecule has 0 amide bonds. The Hall–Kier alpha value is -9.26. The van der Waals surface area contributed by atoms with Crippen LogP contribution in [0.4, 0.5) is 0 Å². The first kappa shape index (κ1) is 40.1. The Kier molecular flexibility index (Phi) is 9.61. The first-order valence-corrected chi connectivity index (χ1v) is 23.3. The number of hydrogen-bond acceptors (Lipinski definition) is 4. The molecule has 0 atom stereocenters. The van der Waals surface area contributed by atoms with Crippen LogP contribution in [-0.2, 0) is 0 Å². The molecule has 9 aromatic carbocycles. The Bertz CT molecular complexity index is 3830. The van der Waals surface area contributed by atoms with E-state index in [0.717, 1.165) is 100 Å². The molecule has 6 nitrogen and oxygen atoms in total. The highest BCUT2D eigenvalue weighted by molar-refractivity contribution is 6.13. The fourth-order valence-electron chi connectivity index (χ4n) is 10.1. The number of fused-ring (bicyclic) bond motifs is 6. The van der Waals surface area contributed by atoms with Gasteiger partial charge in [0.2, 0.25) is 0 Å². The second-order valence-electron chi connectivity index (χ2n) is 17.5. The quantitative estimate of drug-likeness (QED) is 0.153. The monoisotopic (exact) mass is 882 g/mol. The standard InChI is InChI=1S/C63H42N6/c1-41-19-18-30-55(64-41)60-51(44-33-35-58-53(37-44)49-28-14-16-31-56(49)68(58)47-24-10-4-11-25-47)39-46(63-66-61(42-20-6-2-7-21-42)65-62(67-63)43-22-8-3-9-23-43)40-52(60)45-34-36-59-54(38-45)50-29-15-17-32-57(50)69(59)48-26-12-5-13-27-48/h2-40H,1H3. The molecule has 0 fully saturated rings. The lowest BCUT2D eigenvalue weighted by Gasteiger charge is -2.19. The molecule has 0 saturated carbocycles. The number of aromatic nitrogens is 6. The van der Waals surface area contributed by atoms with Crippen LogP contribution in [0.1, 0.15) is 5.69 Å². The summed E-state index contributed by atoms with van der Waals surface area (Å²) < 4.78 is 4.73. The SMILES string of the molecule is Cc1cccc(-c2c(-c3ccc4c(c3)c3ccccc3n4-c3ccccc3)cc(-c3nc(-c4ccccc4)nc(-c4ccccc4)n3)cc2-c2ccc3c(c2)c2ccccc2n3-c2ccccc2)n1. The van der Waals surface area contributed by atoms with E-state index in [1.54, 1.807) is 0 Å². The van der Waals surface area contributed by atoms with Gasteiger partial charge in [-0.3, -0.25) is 4.98 Å². The molecule has 324 valence electrons. The summed E-state index contributed by atoms with van der Waals surface area (Å²) in [5.74, 6) is 1.80. The Morgan fingerprint density at radius 1 is 0.290 bits per heavy atom. The molecule has 0 aliphatic carbocycles. The molecule has 69 heavy (non-hydrogen) atoms. The predicted molar refractivity (Wildman–Crippen MR) is 284 cm³/mol. The first-order chi connectivity index (χ1) is 34.1. The smallest absolute Gasteiger partial charge is 0.164 e. The zero-order valence-corrected chi connectivity index (χ0v) is 37.7. The van der Waals surface area contributed by atoms with Crippen molar-refractivity contribution in [3.05, 3.63) is 242 Å². The Balaban J connectivity index is 1.13. The highest BCUT2D eigenvalue weighted by Crippen LogP contribution is 2.46. The molecule has 13 aromatic rings. The van der Waals surface area contributed by atoms with E-state index in [1.807, 2.05) is 36.4 Å². The van der Waals surface area contributed by atoms with Crippen molar-refractivity contribution in [1.82, 2.24) is 29.1 Å². The van der Waals surface area contributed by atoms with Gasteiger partial charge in [0.1, 0.15) is 0 Å². The molecule has 4 aromatic heterocycles. The Labute approximate surface area is 399 Å². The van der Waals surface area contributed by atoms with Gasteiger partial charge < -0.3 is 9.13 Å². The van der Waals surface area contributed by atoms with Crippen molar-refractivity contribution in [3.63, 3.8) is 0 Å². The molecule has 0 radical (unpaired) electrons. The van der Waals surface area contributed by atoms with Gasteiger partial charge in [-0.2, -0.15) is 0 Å². The summed E-state index contributed by atoms with van der Waals surface area (Å²) in [6, 6.07) is 83.6. The summed E-state index contributed by atoms with van der Waals surface area (Å²) in [6.07, 6.45) is 0. The Morgan fingerprint density at radius 3 is 1.16 bits per heavy atom. The maximum absolute atomic E-state index is 5.30. The number of rotatable bonds is 8. The fraction of sp³-hybridized carbons (Fsp3) is 0.0159. The van der Waals surface area contributed by atoms with Crippen molar-refractivity contribution < 1.29 is 0 Å². The third-order valence-electron chi connectivity index (χ3n) is 13.2. The zero-order chi connectivity index (χ0) is 45.8. The van der Waals surface area contributed by atoms with Crippen LogP contribution in [0.25, 0.3) is 123 Å². The third-order valence-corrected chi connectivity index (χ3v) is 13.2. The summed E-state index contributed by atoms with van der Waals surface area (Å²) >= 11 is 0. The van der Waals surface area contributed by atoms with E-state index < -0.39 is 0 Å². The predicted octanol–water partition coefficient (Wildman–Crippen LogP) is 15.8. The van der Waals surface area contributed by atoms with E-state index in [2.05, 4.69) is 216 Å². The average Bonchev–Trinajstić information content (AvgIpc) is 3.93. The van der Waals surface area contributed by atoms with Crippen molar-refractivity contribution in [2.75, 3.05) is 0 Å². The van der Waals surface area contributed by atoms with Crippen LogP contribution in [0.3, 0.4) is 0 Å². The molecule has 0 unspecified atom stereocenters. The third kappa shape index (κ3) is 6.97. The van der Waals surface area contributed by atoms with Crippen LogP contribution < -0.4 is 0 Å². The van der Waals surface area contributed by atoms with Crippen LogP contribution in [0.2, 0.25) is 0 Å². The second kappa shape index (κ2) is 16.6. The van der Waals surface area contributed by atoms with Crippen LogP contribution in [-0.4, -0.2) is 29.1 Å². The van der Waals surface area contributed by atoms with Crippen molar-refractivity contribution in [3.8, 4) is 79.0 Å². The highest BCUT2D eigenvalue weighted by Gasteiger charge is 2.23. The molecule has 6 heteroatoms. The minimum atomic E-state index is 0.581. The largest absolute Gasteiger partial charge is 0.309 e. The molecule has 0 aliphatic heterocycles. The lowest BCUT2D eigenvalue weighted by atomic mass is 9.86. The average molecular weight is 883 g/mol. The van der Waals surface area contributed by atoms with Gasteiger partial charge in [-0.05, 0) is 114 Å². The minimum absolute atomic E-state index is 0.581. The fourth-order valence-corrected chi connectivity index (χ4v) is 10.1. The Morgan fingerprint density at radius 2 is 0.696 bits per heavy atom. The highest BCUT2D eigenvalue weighted by atomic mass is 15.0. The number of nitrogens with zero attached hydrogens (tertiary/aromatic N) is 6. The van der Waals surface area contributed by atoms with Gasteiger partial charge in [0, 0.05) is 60.9 Å². The van der Waals surface area contributed by atoms with E-state index in [4.69, 9.17) is 19.9 Å². The number of pyridine rings is 1. The van der Waals surface area contributed by atoms with Gasteiger partial charge >= 0.3 is 0 Å². The van der Waals surface area contributed by atoms with Gasteiger partial charge in [-0.15, -0.1) is 0 Å². The number of para-hydroxylation sites is 4. The molecule has 0 bridgehead atoms. The zero-order valence-electron chi connectivity index (χ0n) is 37.7. The first-order valence-electron chi connectivity index (χ1n) is 23.3. The van der Waals surface area contributed by atoms with Gasteiger partial charge in [0.25, 0.3) is 0 Å². The van der Waals surface area contributed by atoms with Gasteiger partial charge in [0.05, 0.1) is 27.8 Å². The van der Waals surface area contributed by atoms with E-state index in [0.29, 0.717) is 17.5 Å². The van der Waals surface area contributed by atoms with Crippen molar-refractivity contribution >= 4 is 43.6 Å². The van der Waals surface area contributed by atoms with E-state index >= 15 is 0 Å². The van der Waals surface area contributed by atoms with Crippen LogP contribution in [0, 0.1) is 6.92 Å². The molecular weight excluding hydrogens is 841 g/mol. The maximum atomic E-state index is 5.30. The van der Waals surface area contributed by atoms with Gasteiger partial charge in [-0.25, -0.2) is 15.0 Å². The van der Waals surface area contributed by atoms with Crippen LogP contribution >= 0.6 is 0 Å². The van der Waals surface area contributed by atoms with Crippen molar-refractivity contribution in [2.24, 2.45) is 0 Å². The van der Waals surface area contributed by atoms with E-state index in [-0.39, 0.29) is 0 Å². The maximum Gasteiger partial charge on any atom is 0.164 e. The summed E-state index contributed by atoms with van der Waals surface area (Å²) in [6.45, 7) is 2.06.